The smallest absolute Gasteiger partial charge is 0.0701 e. The van der Waals surface area contributed by atoms with E-state index in [2.05, 4.69) is 6.92 Å². The molecule has 0 bridgehead atoms. The molecule has 116 valence electrons. The molecular weight excluding hydrogens is 262 g/mol. The van der Waals surface area contributed by atoms with Gasteiger partial charge in [0.15, 0.2) is 0 Å². The summed E-state index contributed by atoms with van der Waals surface area (Å²) in [6.45, 7) is 10.5. The first-order chi connectivity index (χ1) is 9.06. The Balaban J connectivity index is 2.99. The predicted molar refractivity (Wildman–Crippen MR) is 83.0 cm³/mol. The summed E-state index contributed by atoms with van der Waals surface area (Å²) in [5.74, 6) is 1.95. The van der Waals surface area contributed by atoms with Crippen LogP contribution in [0, 0.1) is 0 Å². The highest BCUT2D eigenvalue weighted by Crippen LogP contribution is 2.08. The van der Waals surface area contributed by atoms with E-state index < -0.39 is 0 Å². The van der Waals surface area contributed by atoms with E-state index in [1.54, 1.807) is 0 Å². The summed E-state index contributed by atoms with van der Waals surface area (Å²) >= 11 is 1.83. The summed E-state index contributed by atoms with van der Waals surface area (Å²) in [7, 11) is 0. The van der Waals surface area contributed by atoms with Gasteiger partial charge in [-0.25, -0.2) is 0 Å². The molecule has 0 amide bonds. The van der Waals surface area contributed by atoms with Gasteiger partial charge in [0.25, 0.3) is 0 Å². The standard InChI is InChI=1S/C14H31NO3S/c1-4-5-6-16-7-8-17-9-10-18-11-12-19-13-14(2,3)15/h4-13,15H2,1-3H3. The van der Waals surface area contributed by atoms with E-state index >= 15 is 0 Å². The highest BCUT2D eigenvalue weighted by molar-refractivity contribution is 7.99. The molecule has 4 nitrogen and oxygen atoms in total. The van der Waals surface area contributed by atoms with Crippen LogP contribution in [0.25, 0.3) is 0 Å². The zero-order valence-electron chi connectivity index (χ0n) is 12.8. The zero-order chi connectivity index (χ0) is 14.4. The summed E-state index contributed by atoms with van der Waals surface area (Å²) in [6.07, 6.45) is 2.30. The molecule has 0 atom stereocenters. The van der Waals surface area contributed by atoms with E-state index in [0.29, 0.717) is 26.4 Å². The molecule has 0 rings (SSSR count). The second-order valence-corrected chi connectivity index (χ2v) is 6.34. The van der Waals surface area contributed by atoms with E-state index in [9.17, 15) is 0 Å². The molecule has 0 radical (unpaired) electrons. The van der Waals surface area contributed by atoms with Crippen LogP contribution < -0.4 is 5.73 Å². The third-order valence-electron chi connectivity index (χ3n) is 2.23. The largest absolute Gasteiger partial charge is 0.379 e. The Bertz CT molecular complexity index is 186. The molecule has 2 N–H and O–H groups in total. The number of hydrogen-bond acceptors (Lipinski definition) is 5. The van der Waals surface area contributed by atoms with Crippen LogP contribution >= 0.6 is 11.8 Å². The minimum Gasteiger partial charge on any atom is -0.379 e. The average molecular weight is 293 g/mol. The second kappa shape index (κ2) is 13.2. The lowest BCUT2D eigenvalue weighted by Crippen LogP contribution is -2.34. The van der Waals surface area contributed by atoms with Crippen molar-refractivity contribution in [3.63, 3.8) is 0 Å². The van der Waals surface area contributed by atoms with Crippen molar-refractivity contribution < 1.29 is 14.2 Å². The Morgan fingerprint density at radius 3 is 1.95 bits per heavy atom. The van der Waals surface area contributed by atoms with Crippen molar-refractivity contribution in [3.05, 3.63) is 0 Å². The van der Waals surface area contributed by atoms with Crippen LogP contribution in [0.15, 0.2) is 0 Å². The molecule has 19 heavy (non-hydrogen) atoms. The fourth-order valence-electron chi connectivity index (χ4n) is 1.24. The number of nitrogens with two attached hydrogens (primary N) is 1. The van der Waals surface area contributed by atoms with Crippen molar-refractivity contribution >= 4 is 11.8 Å². The molecular formula is C14H31NO3S. The number of unbranched alkanes of at least 4 members (excludes halogenated alkanes) is 1. The van der Waals surface area contributed by atoms with Crippen molar-refractivity contribution in [1.82, 2.24) is 0 Å². The van der Waals surface area contributed by atoms with Gasteiger partial charge >= 0.3 is 0 Å². The topological polar surface area (TPSA) is 53.7 Å². The lowest BCUT2D eigenvalue weighted by atomic mass is 10.1. The number of ether oxygens (including phenoxy) is 3. The number of thioether (sulfide) groups is 1. The zero-order valence-corrected chi connectivity index (χ0v) is 13.6. The van der Waals surface area contributed by atoms with Gasteiger partial charge in [-0.05, 0) is 20.3 Å². The van der Waals surface area contributed by atoms with Gasteiger partial charge < -0.3 is 19.9 Å². The van der Waals surface area contributed by atoms with Gasteiger partial charge in [0.1, 0.15) is 0 Å². The quantitative estimate of drug-likeness (QED) is 0.498. The molecule has 0 aromatic rings. The van der Waals surface area contributed by atoms with E-state index in [1.165, 1.54) is 6.42 Å². The molecule has 0 saturated heterocycles. The molecule has 0 fully saturated rings. The first kappa shape index (κ1) is 19.2. The third kappa shape index (κ3) is 18.2. The van der Waals surface area contributed by atoms with Gasteiger partial charge in [-0.2, -0.15) is 11.8 Å². The normalized spacial score (nSPS) is 12.0. The lowest BCUT2D eigenvalue weighted by molar-refractivity contribution is 0.0169. The van der Waals surface area contributed by atoms with Crippen molar-refractivity contribution in [2.75, 3.05) is 51.1 Å². The fraction of sp³-hybridized carbons (Fsp3) is 1.00. The molecule has 0 heterocycles. The number of hydrogen-bond donors (Lipinski definition) is 1. The second-order valence-electron chi connectivity index (χ2n) is 5.23. The molecule has 0 spiro atoms. The number of rotatable bonds is 14. The Labute approximate surface area is 122 Å². The minimum atomic E-state index is -0.0917. The van der Waals surface area contributed by atoms with Crippen LogP contribution in [0.5, 0.6) is 0 Å². The van der Waals surface area contributed by atoms with Crippen LogP contribution in [-0.2, 0) is 14.2 Å². The summed E-state index contributed by atoms with van der Waals surface area (Å²) in [5.41, 5.74) is 5.79. The molecule has 0 saturated carbocycles. The van der Waals surface area contributed by atoms with Crippen molar-refractivity contribution in [3.8, 4) is 0 Å². The Morgan fingerprint density at radius 1 is 0.895 bits per heavy atom. The van der Waals surface area contributed by atoms with Gasteiger partial charge in [0, 0.05) is 23.7 Å². The summed E-state index contributed by atoms with van der Waals surface area (Å²) in [4.78, 5) is 0. The Morgan fingerprint density at radius 2 is 1.42 bits per heavy atom. The maximum atomic E-state index is 5.88. The van der Waals surface area contributed by atoms with Crippen LogP contribution in [0.1, 0.15) is 33.6 Å². The van der Waals surface area contributed by atoms with Crippen molar-refractivity contribution in [1.29, 1.82) is 0 Å². The van der Waals surface area contributed by atoms with E-state index in [0.717, 1.165) is 31.1 Å². The van der Waals surface area contributed by atoms with Crippen LogP contribution in [-0.4, -0.2) is 56.7 Å². The van der Waals surface area contributed by atoms with Gasteiger partial charge in [-0.3, -0.25) is 0 Å². The fourth-order valence-corrected chi connectivity index (χ4v) is 2.15. The molecule has 0 aromatic carbocycles. The molecule has 0 aliphatic heterocycles. The summed E-state index contributed by atoms with van der Waals surface area (Å²) in [5, 5.41) is 0. The van der Waals surface area contributed by atoms with Gasteiger partial charge in [-0.15, -0.1) is 0 Å². The van der Waals surface area contributed by atoms with Gasteiger partial charge in [0.2, 0.25) is 0 Å². The van der Waals surface area contributed by atoms with Gasteiger partial charge in [-0.1, -0.05) is 13.3 Å². The third-order valence-corrected chi connectivity index (χ3v) is 3.64. The molecule has 0 aliphatic carbocycles. The SMILES string of the molecule is CCCCOCCOCCOCCSCC(C)(C)N. The summed E-state index contributed by atoms with van der Waals surface area (Å²) < 4.78 is 16.2. The molecule has 0 aromatic heterocycles. The lowest BCUT2D eigenvalue weighted by Gasteiger charge is -2.17. The first-order valence-corrected chi connectivity index (χ1v) is 8.31. The monoisotopic (exact) mass is 293 g/mol. The van der Waals surface area contributed by atoms with Gasteiger partial charge in [0.05, 0.1) is 33.0 Å². The maximum Gasteiger partial charge on any atom is 0.0701 e. The Hall–Kier alpha value is 0.190. The van der Waals surface area contributed by atoms with Crippen molar-refractivity contribution in [2.24, 2.45) is 5.73 Å². The highest BCUT2D eigenvalue weighted by Gasteiger charge is 2.09. The molecule has 5 heteroatoms. The first-order valence-electron chi connectivity index (χ1n) is 7.16. The van der Waals surface area contributed by atoms with Crippen LogP contribution in [0.4, 0.5) is 0 Å². The Kier molecular flexibility index (Phi) is 13.3. The van der Waals surface area contributed by atoms with E-state index in [4.69, 9.17) is 19.9 Å². The molecule has 0 unspecified atom stereocenters. The maximum absolute atomic E-state index is 5.88. The van der Waals surface area contributed by atoms with Crippen LogP contribution in [0.3, 0.4) is 0 Å². The molecule has 0 aliphatic rings. The van der Waals surface area contributed by atoms with Crippen molar-refractivity contribution in [2.45, 2.75) is 39.2 Å². The minimum absolute atomic E-state index is 0.0917. The summed E-state index contributed by atoms with van der Waals surface area (Å²) in [6, 6.07) is 0. The van der Waals surface area contributed by atoms with E-state index in [1.807, 2.05) is 25.6 Å². The van der Waals surface area contributed by atoms with E-state index in [-0.39, 0.29) is 5.54 Å². The highest BCUT2D eigenvalue weighted by atomic mass is 32.2. The van der Waals surface area contributed by atoms with Crippen LogP contribution in [0.2, 0.25) is 0 Å². The average Bonchev–Trinajstić information content (AvgIpc) is 2.34. The predicted octanol–water partition coefficient (Wildman–Crippen LogP) is 2.31.